The van der Waals surface area contributed by atoms with Crippen molar-refractivity contribution in [2.24, 2.45) is 5.73 Å². The monoisotopic (exact) mass is 495 g/mol. The van der Waals surface area contributed by atoms with Gasteiger partial charge < -0.3 is 25.8 Å². The highest BCUT2D eigenvalue weighted by molar-refractivity contribution is 6.07. The molecule has 186 valence electrons. The maximum atomic E-state index is 12.8. The Morgan fingerprint density at radius 1 is 1.03 bits per heavy atom. The third-order valence-corrected chi connectivity index (χ3v) is 5.98. The van der Waals surface area contributed by atoms with Gasteiger partial charge in [0.05, 0.1) is 17.1 Å². The first-order chi connectivity index (χ1) is 18.0. The molecular weight excluding hydrogens is 470 g/mol. The van der Waals surface area contributed by atoms with Crippen molar-refractivity contribution < 1.29 is 19.1 Å². The molecule has 0 radical (unpaired) electrons. The van der Waals surface area contributed by atoms with E-state index in [1.807, 2.05) is 61.5 Å². The van der Waals surface area contributed by atoms with Crippen LogP contribution in [0.4, 0.5) is 11.5 Å². The van der Waals surface area contributed by atoms with Crippen LogP contribution >= 0.6 is 0 Å². The number of hydrogen-bond donors (Lipinski definition) is 3. The number of carbonyl (C=O) groups is 2. The van der Waals surface area contributed by atoms with Gasteiger partial charge in [-0.25, -0.2) is 9.97 Å². The highest BCUT2D eigenvalue weighted by atomic mass is 16.7. The van der Waals surface area contributed by atoms with E-state index in [1.54, 1.807) is 18.2 Å². The summed E-state index contributed by atoms with van der Waals surface area (Å²) in [5.41, 5.74) is 8.88. The number of nitrogens with two attached hydrogens (primary N) is 1. The van der Waals surface area contributed by atoms with Gasteiger partial charge in [0, 0.05) is 17.5 Å². The molecule has 2 atom stereocenters. The van der Waals surface area contributed by atoms with Crippen LogP contribution in [-0.2, 0) is 20.7 Å². The van der Waals surface area contributed by atoms with Crippen LogP contribution in [0, 0.1) is 0 Å². The smallest absolute Gasteiger partial charge is 0.294 e. The predicted octanol–water partition coefficient (Wildman–Crippen LogP) is 4.30. The number of rotatable bonds is 8. The summed E-state index contributed by atoms with van der Waals surface area (Å²) >= 11 is 0. The largest absolute Gasteiger partial charge is 0.458 e. The number of amides is 2. The molecule has 1 aliphatic heterocycles. The summed E-state index contributed by atoms with van der Waals surface area (Å²) in [6, 6.07) is 22.3. The normalized spacial score (nSPS) is 15.3. The summed E-state index contributed by atoms with van der Waals surface area (Å²) in [4.78, 5) is 33.1. The van der Waals surface area contributed by atoms with Crippen molar-refractivity contribution in [2.45, 2.75) is 25.7 Å². The van der Waals surface area contributed by atoms with Crippen LogP contribution in [-0.4, -0.2) is 28.1 Å². The molecule has 1 unspecified atom stereocenters. The summed E-state index contributed by atoms with van der Waals surface area (Å²) in [6.07, 6.45) is 2.72. The average Bonchev–Trinajstić information content (AvgIpc) is 3.38. The first kappa shape index (κ1) is 23.8. The summed E-state index contributed by atoms with van der Waals surface area (Å²) in [5, 5.41) is 6.91. The Balaban J connectivity index is 1.25. The maximum absolute atomic E-state index is 12.8. The summed E-state index contributed by atoms with van der Waals surface area (Å²) in [5.74, 6) is -0.254. The Kier molecular flexibility index (Phi) is 6.67. The van der Waals surface area contributed by atoms with Crippen molar-refractivity contribution in [3.63, 3.8) is 0 Å². The molecule has 2 heterocycles. The number of anilines is 2. The van der Waals surface area contributed by atoms with Gasteiger partial charge in [0.1, 0.15) is 18.4 Å². The van der Waals surface area contributed by atoms with Crippen molar-refractivity contribution in [3.05, 3.63) is 108 Å². The molecule has 0 bridgehead atoms. The van der Waals surface area contributed by atoms with Gasteiger partial charge in [0.2, 0.25) is 12.0 Å². The van der Waals surface area contributed by atoms with Gasteiger partial charge in [0.25, 0.3) is 11.8 Å². The number of fused-ring (bicyclic) bond motifs is 1. The average molecular weight is 496 g/mol. The second-order valence-corrected chi connectivity index (χ2v) is 8.59. The van der Waals surface area contributed by atoms with E-state index in [0.29, 0.717) is 34.4 Å². The van der Waals surface area contributed by atoms with Crippen LogP contribution in [0.25, 0.3) is 10.9 Å². The molecule has 0 fully saturated rings. The van der Waals surface area contributed by atoms with Gasteiger partial charge in [-0.15, -0.1) is 0 Å². The third kappa shape index (κ3) is 5.35. The minimum Gasteiger partial charge on any atom is -0.458 e. The molecule has 1 aromatic heterocycles. The van der Waals surface area contributed by atoms with Crippen LogP contribution in [0.5, 0.6) is 0 Å². The van der Waals surface area contributed by atoms with E-state index in [-0.39, 0.29) is 11.8 Å². The fourth-order valence-electron chi connectivity index (χ4n) is 4.11. The van der Waals surface area contributed by atoms with Crippen molar-refractivity contribution in [3.8, 4) is 0 Å². The van der Waals surface area contributed by atoms with E-state index < -0.39 is 18.1 Å². The van der Waals surface area contributed by atoms with Crippen molar-refractivity contribution in [1.29, 1.82) is 0 Å². The third-order valence-electron chi connectivity index (χ3n) is 5.98. The van der Waals surface area contributed by atoms with Gasteiger partial charge in [-0.1, -0.05) is 48.5 Å². The zero-order valence-electron chi connectivity index (χ0n) is 20.0. The lowest BCUT2D eigenvalue weighted by Crippen LogP contribution is -2.19. The second kappa shape index (κ2) is 10.4. The van der Waals surface area contributed by atoms with Crippen LogP contribution in [0.15, 0.2) is 91.1 Å². The second-order valence-electron chi connectivity index (χ2n) is 8.59. The van der Waals surface area contributed by atoms with E-state index in [1.165, 1.54) is 12.6 Å². The molecule has 1 aliphatic rings. The summed E-state index contributed by atoms with van der Waals surface area (Å²) in [7, 11) is 0. The van der Waals surface area contributed by atoms with Crippen LogP contribution < -0.4 is 16.4 Å². The van der Waals surface area contributed by atoms with E-state index >= 15 is 0 Å². The van der Waals surface area contributed by atoms with Gasteiger partial charge >= 0.3 is 0 Å². The lowest BCUT2D eigenvalue weighted by atomic mass is 10.1. The first-order valence-electron chi connectivity index (χ1n) is 11.8. The molecule has 0 spiro atoms. The van der Waals surface area contributed by atoms with Gasteiger partial charge in [-0.05, 0) is 42.3 Å². The Bertz CT molecular complexity index is 1490. The number of hydrogen-bond acceptors (Lipinski definition) is 7. The summed E-state index contributed by atoms with van der Waals surface area (Å²) < 4.78 is 11.2. The number of ether oxygens (including phenoxy) is 2. The topological polar surface area (TPSA) is 128 Å². The molecule has 2 amide bonds. The molecule has 4 aromatic rings. The zero-order valence-corrected chi connectivity index (χ0v) is 20.0. The van der Waals surface area contributed by atoms with E-state index in [2.05, 4.69) is 20.6 Å². The fraction of sp³-hybridized carbons (Fsp3) is 0.143. The van der Waals surface area contributed by atoms with Crippen LogP contribution in [0.3, 0.4) is 0 Å². The standard InChI is InChI=1S/C28H25N5O4/c1-17(32-27-22-12-6-11-21(26(29)34)25(22)30-16-31-27)19-9-5-10-20(14-19)33-28(35)23-15-36-24(37-23)13-18-7-3-2-4-8-18/h2-12,14-17,24H,13H2,1H3,(H2,29,34)(H,33,35)(H,30,31,32)/t17-,24?/m1/s1. The molecule has 3 aromatic carbocycles. The number of primary amides is 1. The van der Waals surface area contributed by atoms with Gasteiger partial charge in [-0.2, -0.15) is 0 Å². The number of nitrogens with zero attached hydrogens (tertiary/aromatic N) is 2. The van der Waals surface area contributed by atoms with Gasteiger partial charge in [-0.3, -0.25) is 9.59 Å². The molecule has 0 saturated heterocycles. The quantitative estimate of drug-likeness (QED) is 0.332. The number of aromatic nitrogens is 2. The lowest BCUT2D eigenvalue weighted by molar-refractivity contribution is -0.118. The lowest BCUT2D eigenvalue weighted by Gasteiger charge is -2.17. The molecule has 37 heavy (non-hydrogen) atoms. The van der Waals surface area contributed by atoms with E-state index in [0.717, 1.165) is 11.1 Å². The molecule has 9 heteroatoms. The van der Waals surface area contributed by atoms with Crippen LogP contribution in [0.1, 0.15) is 34.5 Å². The Hall–Kier alpha value is -4.92. The van der Waals surface area contributed by atoms with Gasteiger partial charge in [0.15, 0.2) is 0 Å². The summed E-state index contributed by atoms with van der Waals surface area (Å²) in [6.45, 7) is 1.97. The number of benzene rings is 3. The number of carbonyl (C=O) groups excluding carboxylic acids is 2. The molecule has 4 N–H and O–H groups in total. The molecule has 0 saturated carbocycles. The van der Waals surface area contributed by atoms with E-state index in [9.17, 15) is 9.59 Å². The SMILES string of the molecule is C[C@@H](Nc1ncnc2c(C(N)=O)cccc12)c1cccc(NC(=O)C2=COC(Cc3ccccc3)O2)c1. The molecular formula is C28H25N5O4. The highest BCUT2D eigenvalue weighted by Crippen LogP contribution is 2.27. The minimum absolute atomic E-state index is 0.121. The van der Waals surface area contributed by atoms with Crippen LogP contribution in [0.2, 0.25) is 0 Å². The Labute approximate surface area is 213 Å². The highest BCUT2D eigenvalue weighted by Gasteiger charge is 2.25. The van der Waals surface area contributed by atoms with Crippen molar-refractivity contribution in [2.75, 3.05) is 10.6 Å². The Morgan fingerprint density at radius 3 is 2.65 bits per heavy atom. The molecule has 9 nitrogen and oxygen atoms in total. The minimum atomic E-state index is -0.551. The Morgan fingerprint density at radius 2 is 1.84 bits per heavy atom. The molecule has 5 rings (SSSR count). The number of para-hydroxylation sites is 1. The van der Waals surface area contributed by atoms with Crippen molar-refractivity contribution >= 4 is 34.2 Å². The van der Waals surface area contributed by atoms with Crippen molar-refractivity contribution in [1.82, 2.24) is 9.97 Å². The number of nitrogens with one attached hydrogen (secondary N) is 2. The molecule has 0 aliphatic carbocycles. The van der Waals surface area contributed by atoms with E-state index in [4.69, 9.17) is 15.2 Å². The first-order valence-corrected chi connectivity index (χ1v) is 11.8. The fourth-order valence-corrected chi connectivity index (χ4v) is 4.11. The maximum Gasteiger partial charge on any atom is 0.294 e. The zero-order chi connectivity index (χ0) is 25.8. The predicted molar refractivity (Wildman–Crippen MR) is 139 cm³/mol.